The third kappa shape index (κ3) is 3.30. The first-order chi connectivity index (χ1) is 8.10. The number of benzene rings is 1. The summed E-state index contributed by atoms with van der Waals surface area (Å²) in [5.41, 5.74) is 5.88. The van der Waals surface area contributed by atoms with Crippen molar-refractivity contribution in [1.29, 1.82) is 0 Å². The first kappa shape index (κ1) is 13.2. The molecule has 17 heavy (non-hydrogen) atoms. The summed E-state index contributed by atoms with van der Waals surface area (Å²) in [5, 5.41) is 11.9. The van der Waals surface area contributed by atoms with Gasteiger partial charge in [-0.15, -0.1) is 5.23 Å². The Balaban J connectivity index is 3.12. The van der Waals surface area contributed by atoms with Crippen molar-refractivity contribution in [2.75, 3.05) is 24.2 Å². The maximum absolute atomic E-state index is 10.9. The van der Waals surface area contributed by atoms with Gasteiger partial charge in [0.15, 0.2) is 5.69 Å². The molecule has 0 heterocycles. The second-order valence-electron chi connectivity index (χ2n) is 3.10. The second kappa shape index (κ2) is 6.02. The highest BCUT2D eigenvalue weighted by Gasteiger charge is 2.21. The Kier molecular flexibility index (Phi) is 4.68. The van der Waals surface area contributed by atoms with Gasteiger partial charge in [-0.25, -0.2) is 9.68 Å². The van der Waals surface area contributed by atoms with Gasteiger partial charge in [0.05, 0.1) is 18.1 Å². The van der Waals surface area contributed by atoms with Gasteiger partial charge in [0, 0.05) is 11.8 Å². The zero-order chi connectivity index (χ0) is 12.8. The number of nitrogens with zero attached hydrogens (tertiary/aromatic N) is 2. The molecule has 0 unspecified atom stereocenters. The molecule has 0 aliphatic carbocycles. The molecular formula is C10H15N3O4. The van der Waals surface area contributed by atoms with Crippen LogP contribution in [0.15, 0.2) is 18.2 Å². The van der Waals surface area contributed by atoms with E-state index in [0.29, 0.717) is 18.9 Å². The Morgan fingerprint density at radius 1 is 1.35 bits per heavy atom. The molecule has 0 aliphatic heterocycles. The van der Waals surface area contributed by atoms with Gasteiger partial charge in [-0.2, -0.15) is 0 Å². The fraction of sp³-hybridized carbons (Fsp3) is 0.400. The minimum atomic E-state index is -0.531. The lowest BCUT2D eigenvalue weighted by Crippen LogP contribution is -2.24. The number of nitro groups is 1. The van der Waals surface area contributed by atoms with Crippen LogP contribution in [0.5, 0.6) is 0 Å². The van der Waals surface area contributed by atoms with Crippen LogP contribution in [0.2, 0.25) is 0 Å². The zero-order valence-electron chi connectivity index (χ0n) is 9.75. The zero-order valence-corrected chi connectivity index (χ0v) is 9.75. The van der Waals surface area contributed by atoms with E-state index in [0.717, 1.165) is 5.23 Å². The fourth-order valence-corrected chi connectivity index (χ4v) is 1.25. The van der Waals surface area contributed by atoms with Crippen LogP contribution in [0.3, 0.4) is 0 Å². The number of rotatable bonds is 6. The summed E-state index contributed by atoms with van der Waals surface area (Å²) in [5.74, 6) is 0. The Labute approximate surface area is 98.8 Å². The summed E-state index contributed by atoms with van der Waals surface area (Å²) in [6.45, 7) is 4.19. The van der Waals surface area contributed by atoms with E-state index in [1.807, 2.05) is 0 Å². The van der Waals surface area contributed by atoms with Crippen molar-refractivity contribution in [2.24, 2.45) is 0 Å². The second-order valence-corrected chi connectivity index (χ2v) is 3.10. The summed E-state index contributed by atoms with van der Waals surface area (Å²) in [4.78, 5) is 20.7. The van der Waals surface area contributed by atoms with E-state index in [-0.39, 0.29) is 11.4 Å². The van der Waals surface area contributed by atoms with Crippen LogP contribution in [0, 0.1) is 10.1 Å². The molecule has 0 spiro atoms. The predicted octanol–water partition coefficient (Wildman–Crippen LogP) is 1.89. The summed E-state index contributed by atoms with van der Waals surface area (Å²) in [6, 6.07) is 4.30. The highest BCUT2D eigenvalue weighted by molar-refractivity contribution is 5.66. The lowest BCUT2D eigenvalue weighted by atomic mass is 10.2. The number of nitro benzene ring substituents is 1. The molecular weight excluding hydrogens is 226 g/mol. The largest absolute Gasteiger partial charge is 0.399 e. The van der Waals surface area contributed by atoms with Gasteiger partial charge < -0.3 is 5.73 Å². The molecule has 94 valence electrons. The predicted molar refractivity (Wildman–Crippen MR) is 63.2 cm³/mol. The summed E-state index contributed by atoms with van der Waals surface area (Å²) < 4.78 is 0. The molecule has 0 saturated heterocycles. The topological polar surface area (TPSA) is 90.9 Å². The van der Waals surface area contributed by atoms with Gasteiger partial charge >= 0.3 is 0 Å². The minimum Gasteiger partial charge on any atom is -0.399 e. The number of nitrogen functional groups attached to an aromatic ring is 1. The van der Waals surface area contributed by atoms with Gasteiger partial charge in [-0.3, -0.25) is 10.1 Å². The fourth-order valence-electron chi connectivity index (χ4n) is 1.25. The number of hydrogen-bond donors (Lipinski definition) is 1. The van der Waals surface area contributed by atoms with E-state index in [1.165, 1.54) is 12.1 Å². The van der Waals surface area contributed by atoms with Crippen LogP contribution in [-0.4, -0.2) is 18.1 Å². The van der Waals surface area contributed by atoms with Crippen LogP contribution in [0.4, 0.5) is 17.1 Å². The lowest BCUT2D eigenvalue weighted by Gasteiger charge is -2.20. The first-order valence-electron chi connectivity index (χ1n) is 5.20. The molecule has 7 heteroatoms. The van der Waals surface area contributed by atoms with Crippen LogP contribution < -0.4 is 11.0 Å². The molecule has 0 fully saturated rings. The smallest absolute Gasteiger partial charge is 0.299 e. The molecule has 0 amide bonds. The lowest BCUT2D eigenvalue weighted by molar-refractivity contribution is -0.384. The van der Waals surface area contributed by atoms with E-state index in [2.05, 4.69) is 0 Å². The molecule has 1 rings (SSSR count). The number of hydrogen-bond acceptors (Lipinski definition) is 6. The standard InChI is InChI=1S/C10H15N3O4/c1-3-16-13(17-4-2)9-6-5-8(11)7-10(9)12(14)15/h5-7H,3-4,11H2,1-2H3. The van der Waals surface area contributed by atoms with Crippen molar-refractivity contribution in [3.05, 3.63) is 28.3 Å². The molecule has 0 atom stereocenters. The Morgan fingerprint density at radius 2 is 1.94 bits per heavy atom. The molecule has 0 radical (unpaired) electrons. The van der Waals surface area contributed by atoms with Crippen LogP contribution in [0.1, 0.15) is 13.8 Å². The Bertz CT molecular complexity index is 391. The number of anilines is 2. The first-order valence-corrected chi connectivity index (χ1v) is 5.20. The Hall–Kier alpha value is -1.86. The number of nitrogens with two attached hydrogens (primary N) is 1. The van der Waals surface area contributed by atoms with Gasteiger partial charge in [0.1, 0.15) is 0 Å². The van der Waals surface area contributed by atoms with Gasteiger partial charge in [-0.1, -0.05) is 0 Å². The van der Waals surface area contributed by atoms with Gasteiger partial charge in [-0.05, 0) is 26.0 Å². The maximum atomic E-state index is 10.9. The summed E-state index contributed by atoms with van der Waals surface area (Å²) >= 11 is 0. The molecule has 7 nitrogen and oxygen atoms in total. The molecule has 0 bridgehead atoms. The highest BCUT2D eigenvalue weighted by atomic mass is 16.9. The van der Waals surface area contributed by atoms with Crippen molar-refractivity contribution in [1.82, 2.24) is 0 Å². The van der Waals surface area contributed by atoms with E-state index in [9.17, 15) is 10.1 Å². The highest BCUT2D eigenvalue weighted by Crippen LogP contribution is 2.30. The van der Waals surface area contributed by atoms with Crippen LogP contribution in [0.25, 0.3) is 0 Å². The molecule has 0 aromatic heterocycles. The summed E-state index contributed by atoms with van der Waals surface area (Å²) in [7, 11) is 0. The Morgan fingerprint density at radius 3 is 2.41 bits per heavy atom. The van der Waals surface area contributed by atoms with Gasteiger partial charge in [0.25, 0.3) is 5.69 Å². The van der Waals surface area contributed by atoms with Crippen molar-refractivity contribution in [2.45, 2.75) is 13.8 Å². The van der Waals surface area contributed by atoms with Crippen molar-refractivity contribution in [3.8, 4) is 0 Å². The third-order valence-corrected chi connectivity index (χ3v) is 1.89. The molecule has 1 aromatic carbocycles. The van der Waals surface area contributed by atoms with Crippen molar-refractivity contribution in [3.63, 3.8) is 0 Å². The van der Waals surface area contributed by atoms with E-state index >= 15 is 0 Å². The monoisotopic (exact) mass is 241 g/mol. The van der Waals surface area contributed by atoms with E-state index in [4.69, 9.17) is 15.4 Å². The quantitative estimate of drug-likeness (QED) is 0.464. The van der Waals surface area contributed by atoms with E-state index in [1.54, 1.807) is 19.9 Å². The minimum absolute atomic E-state index is 0.160. The molecule has 0 saturated carbocycles. The van der Waals surface area contributed by atoms with Crippen molar-refractivity contribution >= 4 is 17.1 Å². The normalized spacial score (nSPS) is 10.2. The van der Waals surface area contributed by atoms with Crippen LogP contribution in [-0.2, 0) is 9.68 Å². The maximum Gasteiger partial charge on any atom is 0.299 e. The van der Waals surface area contributed by atoms with Crippen molar-refractivity contribution < 1.29 is 14.6 Å². The molecule has 0 aliphatic rings. The molecule has 1 aromatic rings. The average molecular weight is 241 g/mol. The van der Waals surface area contributed by atoms with Gasteiger partial charge in [0.2, 0.25) is 0 Å². The van der Waals surface area contributed by atoms with E-state index < -0.39 is 4.92 Å². The molecule has 2 N–H and O–H groups in total. The third-order valence-electron chi connectivity index (χ3n) is 1.89. The van der Waals surface area contributed by atoms with Crippen LogP contribution >= 0.6 is 0 Å². The average Bonchev–Trinajstić information content (AvgIpc) is 2.28. The SMILES string of the molecule is CCON(OCC)c1ccc(N)cc1[N+](=O)[O-]. The summed E-state index contributed by atoms with van der Waals surface area (Å²) in [6.07, 6.45) is 0.